The lowest BCUT2D eigenvalue weighted by Gasteiger charge is -2.22. The van der Waals surface area contributed by atoms with E-state index in [-0.39, 0.29) is 18.2 Å². The minimum atomic E-state index is -0.938. The largest absolute Gasteiger partial charge is 0.314 e. The molecule has 1 amide bonds. The summed E-state index contributed by atoms with van der Waals surface area (Å²) in [5.41, 5.74) is 1.39. The molecule has 0 unspecified atom stereocenters. The summed E-state index contributed by atoms with van der Waals surface area (Å²) < 4.78 is 14.9. The number of carbonyl (C=O) groups excluding carboxylic acids is 1. The van der Waals surface area contributed by atoms with E-state index in [1.165, 1.54) is 6.08 Å². The summed E-state index contributed by atoms with van der Waals surface area (Å²) in [5, 5.41) is 2.73. The minimum Gasteiger partial charge on any atom is -0.314 e. The van der Waals surface area contributed by atoms with Gasteiger partial charge in [-0.3, -0.25) is 4.79 Å². The van der Waals surface area contributed by atoms with Crippen molar-refractivity contribution in [2.24, 2.45) is 0 Å². The molecule has 136 valence electrons. The average Bonchev–Trinajstić information content (AvgIpc) is 2.82. The van der Waals surface area contributed by atoms with Crippen molar-refractivity contribution in [3.05, 3.63) is 82.6 Å². The van der Waals surface area contributed by atoms with Gasteiger partial charge in [0, 0.05) is 24.2 Å². The van der Waals surface area contributed by atoms with Crippen LogP contribution < -0.4 is 4.90 Å². The van der Waals surface area contributed by atoms with Crippen molar-refractivity contribution in [2.45, 2.75) is 18.8 Å². The number of nitrogens with zero attached hydrogens (tertiary/aromatic N) is 1. The number of hydrogen-bond acceptors (Lipinski definition) is 1. The first-order valence-corrected chi connectivity index (χ1v) is 9.19. The molecule has 4 heteroatoms. The number of allylic oxidation sites excluding steroid dienone is 1. The van der Waals surface area contributed by atoms with Gasteiger partial charge in [-0.2, -0.15) is 0 Å². The normalized spacial score (nSPS) is 19.6. The second kappa shape index (κ2) is 6.50. The fourth-order valence-electron chi connectivity index (χ4n) is 3.88. The first kappa shape index (κ1) is 17.7. The van der Waals surface area contributed by atoms with E-state index in [9.17, 15) is 9.18 Å². The molecule has 0 aromatic heterocycles. The Morgan fingerprint density at radius 3 is 2.63 bits per heavy atom. The molecule has 4 rings (SSSR count). The standard InChI is InChI=1S/C23H19ClFNO/c1-23(20-10-9-18(24)13-21(20)26(2)22(23)27)14-19(25)12-15-7-8-16-5-3-4-6-17(16)11-15/h3-13H,14H2,1-2H3/b19-12-/t23-/m1/s1. The third-order valence-electron chi connectivity index (χ3n) is 5.31. The smallest absolute Gasteiger partial charge is 0.237 e. The SMILES string of the molecule is CN1C(=O)[C@](C)(C/C(F)=C/c2ccc3ccccc3c2)c2ccc(Cl)cc21. The van der Waals surface area contributed by atoms with Gasteiger partial charge in [-0.25, -0.2) is 4.39 Å². The number of benzene rings is 3. The van der Waals surface area contributed by atoms with Crippen LogP contribution in [0.15, 0.2) is 66.5 Å². The van der Waals surface area contributed by atoms with Crippen LogP contribution in [0, 0.1) is 0 Å². The van der Waals surface area contributed by atoms with Crippen molar-refractivity contribution in [1.82, 2.24) is 0 Å². The van der Waals surface area contributed by atoms with Gasteiger partial charge >= 0.3 is 0 Å². The predicted octanol–water partition coefficient (Wildman–Crippen LogP) is 6.13. The fraction of sp³-hybridized carbons (Fsp3) is 0.174. The maximum absolute atomic E-state index is 14.9. The van der Waals surface area contributed by atoms with Gasteiger partial charge in [0.25, 0.3) is 0 Å². The van der Waals surface area contributed by atoms with Crippen molar-refractivity contribution in [3.8, 4) is 0 Å². The second-order valence-corrected chi connectivity index (χ2v) is 7.67. The number of carbonyl (C=O) groups is 1. The van der Waals surface area contributed by atoms with E-state index < -0.39 is 5.41 Å². The number of anilines is 1. The molecule has 1 aliphatic heterocycles. The molecule has 0 aliphatic carbocycles. The van der Waals surface area contributed by atoms with Crippen molar-refractivity contribution >= 4 is 40.0 Å². The molecule has 3 aromatic rings. The molecule has 0 N–H and O–H groups in total. The van der Waals surface area contributed by atoms with Gasteiger partial charge in [0.2, 0.25) is 5.91 Å². The molecule has 27 heavy (non-hydrogen) atoms. The van der Waals surface area contributed by atoms with E-state index in [1.807, 2.05) is 48.5 Å². The van der Waals surface area contributed by atoms with Gasteiger partial charge in [0.15, 0.2) is 0 Å². The van der Waals surface area contributed by atoms with E-state index in [4.69, 9.17) is 11.6 Å². The van der Waals surface area contributed by atoms with Crippen LogP contribution in [-0.2, 0) is 10.2 Å². The highest BCUT2D eigenvalue weighted by Crippen LogP contribution is 2.45. The molecular formula is C23H19ClFNO. The van der Waals surface area contributed by atoms with Crippen molar-refractivity contribution < 1.29 is 9.18 Å². The first-order chi connectivity index (χ1) is 12.9. The van der Waals surface area contributed by atoms with Gasteiger partial charge in [0.1, 0.15) is 5.83 Å². The Hall–Kier alpha value is -2.65. The number of halogens is 2. The molecule has 1 heterocycles. The summed E-state index contributed by atoms with van der Waals surface area (Å²) in [6.07, 6.45) is 1.52. The van der Waals surface area contributed by atoms with Crippen molar-refractivity contribution in [2.75, 3.05) is 11.9 Å². The summed E-state index contributed by atoms with van der Waals surface area (Å²) >= 11 is 6.07. The van der Waals surface area contributed by atoms with Crippen LogP contribution in [0.1, 0.15) is 24.5 Å². The Morgan fingerprint density at radius 2 is 1.85 bits per heavy atom. The molecular weight excluding hydrogens is 361 g/mol. The fourth-order valence-corrected chi connectivity index (χ4v) is 4.05. The summed E-state index contributed by atoms with van der Waals surface area (Å²) in [6.45, 7) is 1.79. The highest BCUT2D eigenvalue weighted by atomic mass is 35.5. The Morgan fingerprint density at radius 1 is 1.11 bits per heavy atom. The van der Waals surface area contributed by atoms with Crippen molar-refractivity contribution in [3.63, 3.8) is 0 Å². The number of hydrogen-bond donors (Lipinski definition) is 0. The lowest BCUT2D eigenvalue weighted by molar-refractivity contribution is -0.122. The zero-order chi connectivity index (χ0) is 19.2. The zero-order valence-electron chi connectivity index (χ0n) is 15.2. The van der Waals surface area contributed by atoms with Crippen LogP contribution in [0.4, 0.5) is 10.1 Å². The summed E-state index contributed by atoms with van der Waals surface area (Å²) in [7, 11) is 1.70. The van der Waals surface area contributed by atoms with E-state index in [0.717, 1.165) is 27.6 Å². The monoisotopic (exact) mass is 379 g/mol. The molecule has 2 nitrogen and oxygen atoms in total. The van der Waals surface area contributed by atoms with Crippen LogP contribution in [0.2, 0.25) is 5.02 Å². The Bertz CT molecular complexity index is 1090. The highest BCUT2D eigenvalue weighted by molar-refractivity contribution is 6.31. The molecule has 0 spiro atoms. The van der Waals surface area contributed by atoms with E-state index >= 15 is 0 Å². The minimum absolute atomic E-state index is 0.0115. The number of fused-ring (bicyclic) bond motifs is 2. The van der Waals surface area contributed by atoms with E-state index in [2.05, 4.69) is 0 Å². The maximum atomic E-state index is 14.9. The van der Waals surface area contributed by atoms with E-state index in [1.54, 1.807) is 31.0 Å². The molecule has 0 saturated carbocycles. The summed E-state index contributed by atoms with van der Waals surface area (Å²) in [4.78, 5) is 14.4. The predicted molar refractivity (Wildman–Crippen MR) is 110 cm³/mol. The van der Waals surface area contributed by atoms with Crippen LogP contribution in [-0.4, -0.2) is 13.0 Å². The van der Waals surface area contributed by atoms with Gasteiger partial charge in [0.05, 0.1) is 5.41 Å². The molecule has 1 atom stereocenters. The molecule has 3 aromatic carbocycles. The van der Waals surface area contributed by atoms with Crippen LogP contribution >= 0.6 is 11.6 Å². The summed E-state index contributed by atoms with van der Waals surface area (Å²) in [5.74, 6) is -0.445. The van der Waals surface area contributed by atoms with Gasteiger partial charge < -0.3 is 4.90 Å². The maximum Gasteiger partial charge on any atom is 0.237 e. The summed E-state index contributed by atoms with van der Waals surface area (Å²) in [6, 6.07) is 19.1. The highest BCUT2D eigenvalue weighted by Gasteiger charge is 2.46. The topological polar surface area (TPSA) is 20.3 Å². The van der Waals surface area contributed by atoms with E-state index in [0.29, 0.717) is 5.02 Å². The molecule has 1 aliphatic rings. The molecule has 0 saturated heterocycles. The average molecular weight is 380 g/mol. The lowest BCUT2D eigenvalue weighted by atomic mass is 9.80. The number of amides is 1. The molecule has 0 fully saturated rings. The first-order valence-electron chi connectivity index (χ1n) is 8.81. The third-order valence-corrected chi connectivity index (χ3v) is 5.55. The lowest BCUT2D eigenvalue weighted by Crippen LogP contribution is -2.36. The number of rotatable bonds is 3. The second-order valence-electron chi connectivity index (χ2n) is 7.23. The van der Waals surface area contributed by atoms with Gasteiger partial charge in [-0.05, 0) is 53.1 Å². The molecule has 0 radical (unpaired) electrons. The zero-order valence-corrected chi connectivity index (χ0v) is 15.9. The quantitative estimate of drug-likeness (QED) is 0.536. The Kier molecular flexibility index (Phi) is 4.27. The Balaban J connectivity index is 1.68. The van der Waals surface area contributed by atoms with Crippen LogP contribution in [0.5, 0.6) is 0 Å². The Labute approximate surface area is 162 Å². The van der Waals surface area contributed by atoms with Gasteiger partial charge in [-0.1, -0.05) is 54.1 Å². The van der Waals surface area contributed by atoms with Crippen molar-refractivity contribution in [1.29, 1.82) is 0 Å². The van der Waals surface area contributed by atoms with Crippen LogP contribution in [0.25, 0.3) is 16.8 Å². The van der Waals surface area contributed by atoms with Gasteiger partial charge in [-0.15, -0.1) is 0 Å². The van der Waals surface area contributed by atoms with Crippen LogP contribution in [0.3, 0.4) is 0 Å². The number of likely N-dealkylation sites (N-methyl/N-ethyl adjacent to an activating group) is 1. The third kappa shape index (κ3) is 3.02. The molecule has 0 bridgehead atoms.